The van der Waals surface area contributed by atoms with Crippen molar-refractivity contribution < 1.29 is 24.2 Å². The van der Waals surface area contributed by atoms with E-state index in [1.807, 2.05) is 0 Å². The van der Waals surface area contributed by atoms with Gasteiger partial charge in [0.1, 0.15) is 36.1 Å². The Bertz CT molecular complexity index is 1050. The van der Waals surface area contributed by atoms with Crippen LogP contribution in [0.2, 0.25) is 22.2 Å². The minimum atomic E-state index is -3.01. The van der Waals surface area contributed by atoms with E-state index in [9.17, 15) is 5.11 Å². The molecule has 9 nitrogen and oxygen atoms in total. The minimum Gasteiger partial charge on any atom is -0.414 e. The Morgan fingerprint density at radius 2 is 1.68 bits per heavy atom. The van der Waals surface area contributed by atoms with E-state index in [4.69, 9.17) is 24.8 Å². The van der Waals surface area contributed by atoms with Gasteiger partial charge in [-0.25, -0.2) is 9.97 Å². The van der Waals surface area contributed by atoms with Gasteiger partial charge in [0.05, 0.1) is 13.4 Å². The smallest absolute Gasteiger partial charge is 0.335 e. The van der Waals surface area contributed by atoms with Gasteiger partial charge < -0.3 is 33.1 Å². The largest absolute Gasteiger partial charge is 0.414 e. The number of nitrogen functional groups attached to an aromatic ring is 1. The fourth-order valence-corrected chi connectivity index (χ4v) is 16.6. The normalized spacial score (nSPS) is 31.8. The van der Waals surface area contributed by atoms with Crippen molar-refractivity contribution >= 4 is 34.0 Å². The lowest BCUT2D eigenvalue weighted by molar-refractivity contribution is -0.0568. The molecule has 34 heavy (non-hydrogen) atoms. The monoisotopic (exact) mass is 509 g/mol. The van der Waals surface area contributed by atoms with Gasteiger partial charge in [-0.3, -0.25) is 0 Å². The number of aromatic nitrogens is 3. The summed E-state index contributed by atoms with van der Waals surface area (Å²) < 4.78 is 37.9. The van der Waals surface area contributed by atoms with Crippen molar-refractivity contribution in [2.24, 2.45) is 0 Å². The van der Waals surface area contributed by atoms with E-state index in [0.29, 0.717) is 16.9 Å². The van der Waals surface area contributed by atoms with Crippen LogP contribution < -0.4 is 5.73 Å². The topological polar surface area (TPSA) is 114 Å². The number of fused-ring (bicyclic) bond motifs is 2. The van der Waals surface area contributed by atoms with Crippen LogP contribution in [0.15, 0.2) is 18.6 Å². The van der Waals surface area contributed by atoms with Crippen LogP contribution in [-0.4, -0.2) is 61.7 Å². The maximum Gasteiger partial charge on any atom is 0.335 e. The van der Waals surface area contributed by atoms with Crippen LogP contribution >= 0.6 is 0 Å². The molecule has 2 aromatic heterocycles. The molecule has 0 radical (unpaired) electrons. The molecule has 2 aliphatic rings. The molecule has 2 aliphatic heterocycles. The van der Waals surface area contributed by atoms with Gasteiger partial charge in [0.15, 0.2) is 6.23 Å². The maximum atomic E-state index is 11.7. The lowest BCUT2D eigenvalue weighted by atomic mass is 10.1. The third kappa shape index (κ3) is 3.95. The summed E-state index contributed by atoms with van der Waals surface area (Å²) in [5, 5.41) is 12.3. The van der Waals surface area contributed by atoms with Crippen molar-refractivity contribution in [2.45, 2.75) is 102 Å². The van der Waals surface area contributed by atoms with Crippen molar-refractivity contribution in [1.29, 1.82) is 0 Å². The first-order valence-corrected chi connectivity index (χ1v) is 16.2. The highest BCUT2D eigenvalue weighted by Crippen LogP contribution is 2.48. The van der Waals surface area contributed by atoms with E-state index < -0.39 is 41.6 Å². The average molecular weight is 510 g/mol. The molecular formula is C23H40N4O5Si2. The van der Waals surface area contributed by atoms with E-state index in [0.717, 1.165) is 0 Å². The number of ether oxygens (including phenoxy) is 1. The van der Waals surface area contributed by atoms with Crippen LogP contribution in [-0.2, 0) is 17.7 Å². The van der Waals surface area contributed by atoms with Gasteiger partial charge >= 0.3 is 17.1 Å². The molecule has 0 aliphatic carbocycles. The third-order valence-corrected chi connectivity index (χ3v) is 17.5. The Balaban J connectivity index is 1.82. The lowest BCUT2D eigenvalue weighted by Crippen LogP contribution is -2.65. The summed E-state index contributed by atoms with van der Waals surface area (Å²) in [7, 11) is -5.77. The van der Waals surface area contributed by atoms with Crippen molar-refractivity contribution in [3.8, 4) is 0 Å². The average Bonchev–Trinajstić information content (AvgIpc) is 3.26. The molecule has 4 rings (SSSR count). The van der Waals surface area contributed by atoms with E-state index in [1.54, 1.807) is 16.8 Å². The molecule has 0 bridgehead atoms. The van der Waals surface area contributed by atoms with Crippen molar-refractivity contribution in [1.82, 2.24) is 14.5 Å². The Kier molecular flexibility index (Phi) is 6.64. The zero-order chi connectivity index (χ0) is 25.9. The number of nitrogens with zero attached hydrogens (tertiary/aromatic N) is 3. The Labute approximate surface area is 205 Å². The molecule has 2 aromatic rings. The summed E-state index contributed by atoms with van der Waals surface area (Å²) in [4.78, 5) is 8.38. The molecule has 4 heterocycles. The molecule has 0 aromatic carbocycles. The van der Waals surface area contributed by atoms with Crippen LogP contribution in [0.5, 0.6) is 0 Å². The van der Waals surface area contributed by atoms with Crippen molar-refractivity contribution in [3.05, 3.63) is 18.6 Å². The molecular weight excluding hydrogens is 468 g/mol. The minimum absolute atomic E-state index is 0.0732. The molecule has 2 saturated heterocycles. The first-order chi connectivity index (χ1) is 16.3. The zero-order valence-corrected chi connectivity index (χ0v) is 23.5. The van der Waals surface area contributed by atoms with Crippen LogP contribution in [0.4, 0.5) is 5.82 Å². The number of aliphatic hydroxyl groups is 1. The first-order valence-electron chi connectivity index (χ1n) is 12.7. The quantitative estimate of drug-likeness (QED) is 0.576. The standard InChI is InChI=1S/C23H40N4O5Si2/c1-13(2)33(14(3)4)29-11-18-20(31-34(32-33,15(5)6)16(7)8)19(28)23(30-18)27-10-9-17-21(24)25-12-26-22(17)27/h9-10,12-16,18-20,23,28H,11H2,1-8H3,(H2,24,25,26)/t18-,19+,20-,23-/m1/s1/i19D. The zero-order valence-electron chi connectivity index (χ0n) is 22.5. The molecule has 0 spiro atoms. The molecule has 0 saturated carbocycles. The van der Waals surface area contributed by atoms with Gasteiger partial charge in [-0.15, -0.1) is 0 Å². The second-order valence-electron chi connectivity index (χ2n) is 10.7. The Hall–Kier alpha value is -1.35. The Morgan fingerprint density at radius 3 is 2.26 bits per heavy atom. The molecule has 0 amide bonds. The SMILES string of the molecule is [2H][C@]1(O)[C@@H]2O[Si](C(C)C)(C(C)C)O[Si](C(C)C)(C(C)C)OC[C@H]2O[C@H]1n1ccc2c(N)ncnc21. The van der Waals surface area contributed by atoms with E-state index in [1.165, 1.54) is 6.33 Å². The summed E-state index contributed by atoms with van der Waals surface area (Å²) in [6.07, 6.45) is -1.69. The summed E-state index contributed by atoms with van der Waals surface area (Å²) in [5.41, 5.74) is 7.03. The third-order valence-electron chi connectivity index (χ3n) is 7.30. The Morgan fingerprint density at radius 1 is 1.06 bits per heavy atom. The fourth-order valence-electron chi connectivity index (χ4n) is 5.41. The number of nitrogens with two attached hydrogens (primary N) is 1. The molecule has 190 valence electrons. The molecule has 2 fully saturated rings. The molecule has 0 unspecified atom stereocenters. The lowest BCUT2D eigenvalue weighted by Gasteiger charge is -2.51. The molecule has 11 heteroatoms. The van der Waals surface area contributed by atoms with Gasteiger partial charge in [-0.05, 0) is 28.2 Å². The van der Waals surface area contributed by atoms with Crippen LogP contribution in [0.1, 0.15) is 63.0 Å². The summed E-state index contributed by atoms with van der Waals surface area (Å²) in [6.45, 7) is 17.2. The van der Waals surface area contributed by atoms with Gasteiger partial charge in [0.2, 0.25) is 0 Å². The van der Waals surface area contributed by atoms with E-state index >= 15 is 0 Å². The van der Waals surface area contributed by atoms with E-state index in [2.05, 4.69) is 65.4 Å². The van der Waals surface area contributed by atoms with Crippen molar-refractivity contribution in [3.63, 3.8) is 0 Å². The second kappa shape index (κ2) is 9.27. The van der Waals surface area contributed by atoms with Gasteiger partial charge in [0.25, 0.3) is 0 Å². The maximum absolute atomic E-state index is 11.7. The highest BCUT2D eigenvalue weighted by molar-refractivity contribution is 6.84. The van der Waals surface area contributed by atoms with Crippen LogP contribution in [0.3, 0.4) is 0 Å². The van der Waals surface area contributed by atoms with Crippen LogP contribution in [0.25, 0.3) is 11.0 Å². The predicted octanol–water partition coefficient (Wildman–Crippen LogP) is 4.23. The summed E-state index contributed by atoms with van der Waals surface area (Å²) >= 11 is 0. The van der Waals surface area contributed by atoms with E-state index in [-0.39, 0.29) is 28.8 Å². The second-order valence-corrected chi connectivity index (χ2v) is 19.5. The number of rotatable bonds is 5. The number of hydrogen-bond acceptors (Lipinski definition) is 8. The van der Waals surface area contributed by atoms with Crippen molar-refractivity contribution in [2.75, 3.05) is 12.3 Å². The number of anilines is 1. The molecule has 4 atom stereocenters. The predicted molar refractivity (Wildman–Crippen MR) is 136 cm³/mol. The van der Waals surface area contributed by atoms with Gasteiger partial charge in [-0.2, -0.15) is 0 Å². The number of hydrogen-bond donors (Lipinski definition) is 2. The van der Waals surface area contributed by atoms with Crippen LogP contribution in [0, 0.1) is 0 Å². The summed E-state index contributed by atoms with van der Waals surface area (Å²) in [5.74, 6) is 0.329. The summed E-state index contributed by atoms with van der Waals surface area (Å²) in [6, 6.07) is 1.77. The highest BCUT2D eigenvalue weighted by Gasteiger charge is 2.61. The molecule has 3 N–H and O–H groups in total. The highest BCUT2D eigenvalue weighted by atomic mass is 28.5. The van der Waals surface area contributed by atoms with Gasteiger partial charge in [0, 0.05) is 6.20 Å². The first kappa shape index (κ1) is 24.4. The van der Waals surface area contributed by atoms with Gasteiger partial charge in [-0.1, -0.05) is 55.4 Å². The fraction of sp³-hybridized carbons (Fsp3) is 0.739.